The van der Waals surface area contributed by atoms with E-state index in [2.05, 4.69) is 4.98 Å². The number of aryl methyl sites for hydroxylation is 1. The first-order valence-electron chi connectivity index (χ1n) is 6.48. The van der Waals surface area contributed by atoms with Crippen molar-refractivity contribution in [3.05, 3.63) is 35.9 Å². The quantitative estimate of drug-likeness (QED) is 0.792. The van der Waals surface area contributed by atoms with E-state index in [9.17, 15) is 4.79 Å². The van der Waals surface area contributed by atoms with Gasteiger partial charge in [0, 0.05) is 12.8 Å². The Morgan fingerprint density at radius 3 is 3.26 bits per heavy atom. The Morgan fingerprint density at radius 2 is 2.47 bits per heavy atom. The lowest BCUT2D eigenvalue weighted by Crippen LogP contribution is -2.18. The van der Waals surface area contributed by atoms with Gasteiger partial charge in [-0.15, -0.1) is 0 Å². The van der Waals surface area contributed by atoms with E-state index in [0.717, 1.165) is 30.8 Å². The van der Waals surface area contributed by atoms with Crippen LogP contribution in [-0.4, -0.2) is 34.7 Å². The van der Waals surface area contributed by atoms with Crippen molar-refractivity contribution in [3.8, 4) is 0 Å². The molecule has 1 saturated heterocycles. The van der Waals surface area contributed by atoms with Gasteiger partial charge in [-0.25, -0.2) is 9.78 Å². The molecule has 3 heterocycles. The Morgan fingerprint density at radius 1 is 1.58 bits per heavy atom. The van der Waals surface area contributed by atoms with Crippen molar-refractivity contribution in [3.63, 3.8) is 0 Å². The number of esters is 1. The summed E-state index contributed by atoms with van der Waals surface area (Å²) in [6.45, 7) is 2.93. The number of carbonyl (C=O) groups is 1. The van der Waals surface area contributed by atoms with Gasteiger partial charge < -0.3 is 13.9 Å². The van der Waals surface area contributed by atoms with E-state index in [0.29, 0.717) is 12.3 Å². The van der Waals surface area contributed by atoms with Gasteiger partial charge in [-0.2, -0.15) is 0 Å². The van der Waals surface area contributed by atoms with Crippen molar-refractivity contribution < 1.29 is 14.3 Å². The summed E-state index contributed by atoms with van der Waals surface area (Å²) in [5.74, 6) is 0.395. The molecule has 0 saturated carbocycles. The summed E-state index contributed by atoms with van der Waals surface area (Å²) in [6, 6.07) is 5.65. The maximum atomic E-state index is 12.1. The standard InChI is InChI=1S/C14H16N2O3/c1-10-15-13(12-6-2-3-7-16(10)12)14(17)19-9-11-5-4-8-18-11/h2-3,6-7,11H,4-5,8-9H2,1H3/t11-/m1/s1. The predicted molar refractivity (Wildman–Crippen MR) is 69.2 cm³/mol. The fraction of sp³-hybridized carbons (Fsp3) is 0.429. The number of hydrogen-bond donors (Lipinski definition) is 0. The molecule has 0 N–H and O–H groups in total. The van der Waals surface area contributed by atoms with Gasteiger partial charge in [0.15, 0.2) is 5.69 Å². The molecule has 2 aromatic heterocycles. The summed E-state index contributed by atoms with van der Waals surface area (Å²) in [6.07, 6.45) is 3.92. The molecule has 0 unspecified atom stereocenters. The second-order valence-electron chi connectivity index (χ2n) is 4.70. The third kappa shape index (κ3) is 2.33. The van der Waals surface area contributed by atoms with Gasteiger partial charge in [0.1, 0.15) is 12.4 Å². The Balaban J connectivity index is 1.77. The molecule has 0 amide bonds. The molecule has 0 bridgehead atoms. The molecule has 2 aromatic rings. The van der Waals surface area contributed by atoms with Crippen LogP contribution in [0.4, 0.5) is 0 Å². The largest absolute Gasteiger partial charge is 0.458 e. The lowest BCUT2D eigenvalue weighted by Gasteiger charge is -2.09. The zero-order valence-electron chi connectivity index (χ0n) is 10.8. The molecule has 3 rings (SSSR count). The summed E-state index contributed by atoms with van der Waals surface area (Å²) < 4.78 is 12.6. The van der Waals surface area contributed by atoms with E-state index in [4.69, 9.17) is 9.47 Å². The van der Waals surface area contributed by atoms with Crippen LogP contribution in [0.2, 0.25) is 0 Å². The molecule has 0 aromatic carbocycles. The molecule has 5 heteroatoms. The fourth-order valence-electron chi connectivity index (χ4n) is 2.35. The Labute approximate surface area is 111 Å². The topological polar surface area (TPSA) is 52.8 Å². The predicted octanol–water partition coefficient (Wildman–Crippen LogP) is 1.98. The first-order chi connectivity index (χ1) is 9.25. The number of imidazole rings is 1. The monoisotopic (exact) mass is 260 g/mol. The van der Waals surface area contributed by atoms with Crippen LogP contribution in [-0.2, 0) is 9.47 Å². The van der Waals surface area contributed by atoms with E-state index >= 15 is 0 Å². The maximum Gasteiger partial charge on any atom is 0.359 e. The number of aromatic nitrogens is 2. The number of nitrogens with zero attached hydrogens (tertiary/aromatic N) is 2. The molecule has 1 aliphatic heterocycles. The number of fused-ring (bicyclic) bond motifs is 1. The molecular formula is C14H16N2O3. The summed E-state index contributed by atoms with van der Waals surface area (Å²) in [4.78, 5) is 16.4. The summed E-state index contributed by atoms with van der Waals surface area (Å²) >= 11 is 0. The molecule has 100 valence electrons. The normalized spacial score (nSPS) is 18.9. The minimum atomic E-state index is -0.382. The Hall–Kier alpha value is -1.88. The van der Waals surface area contributed by atoms with Crippen LogP contribution in [0.15, 0.2) is 24.4 Å². The summed E-state index contributed by atoms with van der Waals surface area (Å²) in [7, 11) is 0. The molecule has 0 aliphatic carbocycles. The highest BCUT2D eigenvalue weighted by Gasteiger charge is 2.21. The number of carbonyl (C=O) groups excluding carboxylic acids is 1. The van der Waals surface area contributed by atoms with Gasteiger partial charge in [-0.05, 0) is 31.9 Å². The van der Waals surface area contributed by atoms with E-state index in [-0.39, 0.29) is 12.1 Å². The lowest BCUT2D eigenvalue weighted by atomic mass is 10.2. The Bertz CT molecular complexity index is 600. The first kappa shape index (κ1) is 12.2. The third-order valence-electron chi connectivity index (χ3n) is 3.34. The van der Waals surface area contributed by atoms with Gasteiger partial charge >= 0.3 is 5.97 Å². The molecule has 1 aliphatic rings. The smallest absolute Gasteiger partial charge is 0.359 e. The van der Waals surface area contributed by atoms with Crippen LogP contribution in [0.1, 0.15) is 29.2 Å². The van der Waals surface area contributed by atoms with Crippen molar-refractivity contribution in [1.82, 2.24) is 9.38 Å². The van der Waals surface area contributed by atoms with Crippen LogP contribution in [0.5, 0.6) is 0 Å². The first-order valence-corrected chi connectivity index (χ1v) is 6.48. The van der Waals surface area contributed by atoms with Gasteiger partial charge in [-0.1, -0.05) is 6.07 Å². The van der Waals surface area contributed by atoms with Crippen LogP contribution in [0.25, 0.3) is 5.52 Å². The molecule has 5 nitrogen and oxygen atoms in total. The Kier molecular flexibility index (Phi) is 3.21. The van der Waals surface area contributed by atoms with Crippen molar-refractivity contribution in [2.45, 2.75) is 25.9 Å². The lowest BCUT2D eigenvalue weighted by molar-refractivity contribution is 0.0158. The average Bonchev–Trinajstić information content (AvgIpc) is 3.05. The molecule has 0 spiro atoms. The van der Waals surface area contributed by atoms with Crippen LogP contribution >= 0.6 is 0 Å². The minimum Gasteiger partial charge on any atom is -0.458 e. The SMILES string of the molecule is Cc1nc(C(=O)OC[C@H]2CCCO2)c2ccccn12. The highest BCUT2D eigenvalue weighted by molar-refractivity contribution is 5.95. The van der Waals surface area contributed by atoms with E-state index in [1.165, 1.54) is 0 Å². The second-order valence-corrected chi connectivity index (χ2v) is 4.70. The molecule has 19 heavy (non-hydrogen) atoms. The molecular weight excluding hydrogens is 244 g/mol. The van der Waals surface area contributed by atoms with Crippen LogP contribution < -0.4 is 0 Å². The highest BCUT2D eigenvalue weighted by atomic mass is 16.6. The minimum absolute atomic E-state index is 0.0407. The zero-order valence-corrected chi connectivity index (χ0v) is 10.8. The molecule has 1 fully saturated rings. The van der Waals surface area contributed by atoms with Crippen LogP contribution in [0.3, 0.4) is 0 Å². The van der Waals surface area contributed by atoms with E-state index in [1.54, 1.807) is 0 Å². The van der Waals surface area contributed by atoms with Gasteiger partial charge in [-0.3, -0.25) is 0 Å². The van der Waals surface area contributed by atoms with Crippen molar-refractivity contribution in [2.75, 3.05) is 13.2 Å². The third-order valence-corrected chi connectivity index (χ3v) is 3.34. The van der Waals surface area contributed by atoms with Gasteiger partial charge in [0.25, 0.3) is 0 Å². The number of ether oxygens (including phenoxy) is 2. The van der Waals surface area contributed by atoms with E-state index < -0.39 is 0 Å². The average molecular weight is 260 g/mol. The van der Waals surface area contributed by atoms with Gasteiger partial charge in [0.2, 0.25) is 0 Å². The summed E-state index contributed by atoms with van der Waals surface area (Å²) in [5, 5.41) is 0. The van der Waals surface area contributed by atoms with Crippen LogP contribution in [0, 0.1) is 6.92 Å². The molecule has 0 radical (unpaired) electrons. The zero-order chi connectivity index (χ0) is 13.2. The second kappa shape index (κ2) is 5.01. The summed E-state index contributed by atoms with van der Waals surface area (Å²) in [5.41, 5.74) is 1.15. The number of rotatable bonds is 3. The molecule has 1 atom stereocenters. The number of hydrogen-bond acceptors (Lipinski definition) is 4. The fourth-order valence-corrected chi connectivity index (χ4v) is 2.35. The van der Waals surface area contributed by atoms with Crippen molar-refractivity contribution >= 4 is 11.5 Å². The van der Waals surface area contributed by atoms with E-state index in [1.807, 2.05) is 35.7 Å². The van der Waals surface area contributed by atoms with Gasteiger partial charge in [0.05, 0.1) is 11.6 Å². The maximum absolute atomic E-state index is 12.1. The van der Waals surface area contributed by atoms with Crippen molar-refractivity contribution in [2.24, 2.45) is 0 Å². The highest BCUT2D eigenvalue weighted by Crippen LogP contribution is 2.16. The number of pyridine rings is 1. The van der Waals surface area contributed by atoms with Crippen molar-refractivity contribution in [1.29, 1.82) is 0 Å².